The van der Waals surface area contributed by atoms with Crippen LogP contribution in [-0.4, -0.2) is 13.1 Å². The van der Waals surface area contributed by atoms with Crippen molar-refractivity contribution in [1.29, 1.82) is 0 Å². The molecule has 0 saturated heterocycles. The Kier molecular flexibility index (Phi) is 3.64. The van der Waals surface area contributed by atoms with Crippen molar-refractivity contribution in [2.24, 2.45) is 0 Å². The van der Waals surface area contributed by atoms with Crippen LogP contribution in [0.2, 0.25) is 0 Å². The van der Waals surface area contributed by atoms with Crippen LogP contribution in [0.1, 0.15) is 40.6 Å². The highest BCUT2D eigenvalue weighted by atomic mass is 19.1. The number of aryl methyl sites for hydroxylation is 1. The largest absolute Gasteiger partial charge is 0.469 e. The number of anilines is 1. The normalized spacial score (nSPS) is 17.1. The molecule has 0 aliphatic heterocycles. The summed E-state index contributed by atoms with van der Waals surface area (Å²) >= 11 is 0. The maximum atomic E-state index is 13.6. The number of methoxy groups -OCH3 is 1. The summed E-state index contributed by atoms with van der Waals surface area (Å²) in [6.07, 6.45) is 4.63. The monoisotopic (exact) mass is 289 g/mol. The second-order valence-electron chi connectivity index (χ2n) is 5.07. The molecule has 1 N–H and O–H groups in total. The zero-order valence-corrected chi connectivity index (χ0v) is 11.7. The van der Waals surface area contributed by atoms with Crippen LogP contribution in [-0.2, 0) is 11.2 Å². The molecule has 0 radical (unpaired) electrons. The van der Waals surface area contributed by atoms with Crippen molar-refractivity contribution in [3.05, 3.63) is 53.2 Å². The summed E-state index contributed by atoms with van der Waals surface area (Å²) in [6.45, 7) is 0. The summed E-state index contributed by atoms with van der Waals surface area (Å²) in [5, 5.41) is 3.34. The van der Waals surface area contributed by atoms with Crippen LogP contribution < -0.4 is 5.32 Å². The van der Waals surface area contributed by atoms with Gasteiger partial charge in [-0.15, -0.1) is 0 Å². The van der Waals surface area contributed by atoms with Gasteiger partial charge in [-0.25, -0.2) is 9.18 Å². The van der Waals surface area contributed by atoms with E-state index in [1.165, 1.54) is 19.2 Å². The van der Waals surface area contributed by atoms with Crippen LogP contribution in [0.5, 0.6) is 0 Å². The van der Waals surface area contributed by atoms with E-state index < -0.39 is 11.8 Å². The summed E-state index contributed by atoms with van der Waals surface area (Å²) in [5.41, 5.74) is 1.76. The first-order valence-electron chi connectivity index (χ1n) is 6.89. The average molecular weight is 289 g/mol. The van der Waals surface area contributed by atoms with Gasteiger partial charge in [-0.2, -0.15) is 0 Å². The van der Waals surface area contributed by atoms with Crippen LogP contribution in [0, 0.1) is 5.82 Å². The number of carbonyl (C=O) groups excluding carboxylic acids is 1. The number of halogens is 1. The zero-order valence-electron chi connectivity index (χ0n) is 11.7. The lowest BCUT2D eigenvalue weighted by Gasteiger charge is -2.24. The predicted octanol–water partition coefficient (Wildman–Crippen LogP) is 3.69. The Morgan fingerprint density at radius 2 is 2.29 bits per heavy atom. The molecule has 1 aromatic heterocycles. The van der Waals surface area contributed by atoms with Crippen molar-refractivity contribution in [2.75, 3.05) is 12.4 Å². The molecule has 0 saturated carbocycles. The van der Waals surface area contributed by atoms with E-state index in [-0.39, 0.29) is 11.6 Å². The van der Waals surface area contributed by atoms with E-state index in [0.29, 0.717) is 5.69 Å². The van der Waals surface area contributed by atoms with Gasteiger partial charge in [0.05, 0.1) is 25.0 Å². The van der Waals surface area contributed by atoms with Crippen LogP contribution in [0.3, 0.4) is 0 Å². The molecule has 1 aliphatic rings. The number of carbonyl (C=O) groups is 1. The summed E-state index contributed by atoms with van der Waals surface area (Å²) in [5.74, 6) is -0.266. The quantitative estimate of drug-likeness (QED) is 0.875. The number of benzene rings is 1. The van der Waals surface area contributed by atoms with Crippen molar-refractivity contribution < 1.29 is 18.3 Å². The van der Waals surface area contributed by atoms with Crippen molar-refractivity contribution in [1.82, 2.24) is 0 Å². The number of hydrogen-bond acceptors (Lipinski definition) is 4. The second-order valence-corrected chi connectivity index (χ2v) is 5.07. The Balaban J connectivity index is 1.85. The fourth-order valence-electron chi connectivity index (χ4n) is 2.72. The summed E-state index contributed by atoms with van der Waals surface area (Å²) < 4.78 is 23.7. The van der Waals surface area contributed by atoms with Gasteiger partial charge in [0.25, 0.3) is 0 Å². The fraction of sp³-hybridized carbons (Fsp3) is 0.312. The standard InChI is InChI=1S/C16H16FNO3/c1-20-16(19)12-9-10(5-6-13(12)17)18-14-3-2-4-15-11(14)7-8-21-15/h5-9,14,18H,2-4H2,1H3. The van der Waals surface area contributed by atoms with Gasteiger partial charge in [-0.3, -0.25) is 0 Å². The first kappa shape index (κ1) is 13.7. The Bertz CT molecular complexity index is 665. The van der Waals surface area contributed by atoms with Gasteiger partial charge < -0.3 is 14.5 Å². The molecular weight excluding hydrogens is 273 g/mol. The van der Waals surface area contributed by atoms with Crippen LogP contribution in [0.25, 0.3) is 0 Å². The van der Waals surface area contributed by atoms with E-state index in [0.717, 1.165) is 30.6 Å². The number of nitrogens with one attached hydrogen (secondary N) is 1. The molecule has 3 rings (SSSR count). The van der Waals surface area contributed by atoms with E-state index >= 15 is 0 Å². The van der Waals surface area contributed by atoms with Crippen molar-refractivity contribution in [2.45, 2.75) is 25.3 Å². The molecule has 1 atom stereocenters. The second kappa shape index (κ2) is 5.60. The molecule has 0 fully saturated rings. The molecule has 2 aromatic rings. The van der Waals surface area contributed by atoms with Gasteiger partial charge in [0.15, 0.2) is 0 Å². The maximum Gasteiger partial charge on any atom is 0.340 e. The molecule has 4 nitrogen and oxygen atoms in total. The van der Waals surface area contributed by atoms with Gasteiger partial charge in [-0.05, 0) is 37.1 Å². The summed E-state index contributed by atoms with van der Waals surface area (Å²) in [7, 11) is 1.24. The SMILES string of the molecule is COC(=O)c1cc(NC2CCCc3occc32)ccc1F. The lowest BCUT2D eigenvalue weighted by atomic mass is 9.93. The third-order valence-electron chi connectivity index (χ3n) is 3.76. The minimum absolute atomic E-state index is 0.0641. The highest BCUT2D eigenvalue weighted by Crippen LogP contribution is 2.33. The third kappa shape index (κ3) is 2.63. The fourth-order valence-corrected chi connectivity index (χ4v) is 2.72. The number of hydrogen-bond donors (Lipinski definition) is 1. The Labute approximate surface area is 121 Å². The number of ether oxygens (including phenoxy) is 1. The molecule has 1 aliphatic carbocycles. The van der Waals surface area contributed by atoms with E-state index in [2.05, 4.69) is 10.1 Å². The topological polar surface area (TPSA) is 51.5 Å². The molecule has 1 unspecified atom stereocenters. The molecule has 1 heterocycles. The maximum absolute atomic E-state index is 13.6. The third-order valence-corrected chi connectivity index (χ3v) is 3.76. The van der Waals surface area contributed by atoms with Gasteiger partial charge >= 0.3 is 5.97 Å². The number of fused-ring (bicyclic) bond motifs is 1. The average Bonchev–Trinajstić information content (AvgIpc) is 2.98. The van der Waals surface area contributed by atoms with Crippen molar-refractivity contribution in [3.63, 3.8) is 0 Å². The molecule has 0 amide bonds. The molecule has 0 bridgehead atoms. The van der Waals surface area contributed by atoms with Gasteiger partial charge in [0, 0.05) is 17.7 Å². The molecule has 1 aromatic carbocycles. The first-order valence-corrected chi connectivity index (χ1v) is 6.89. The highest BCUT2D eigenvalue weighted by molar-refractivity contribution is 5.90. The minimum atomic E-state index is -0.677. The van der Waals surface area contributed by atoms with Crippen LogP contribution in [0.4, 0.5) is 10.1 Å². The van der Waals surface area contributed by atoms with E-state index in [1.807, 2.05) is 6.07 Å². The molecule has 0 spiro atoms. The number of furan rings is 1. The van der Waals surface area contributed by atoms with Crippen LogP contribution >= 0.6 is 0 Å². The lowest BCUT2D eigenvalue weighted by Crippen LogP contribution is -2.16. The number of esters is 1. The molecular formula is C16H16FNO3. The Morgan fingerprint density at radius 3 is 3.10 bits per heavy atom. The summed E-state index contributed by atoms with van der Waals surface area (Å²) in [6, 6.07) is 6.44. The van der Waals surface area contributed by atoms with Gasteiger partial charge in [0.2, 0.25) is 0 Å². The van der Waals surface area contributed by atoms with Gasteiger partial charge in [-0.1, -0.05) is 0 Å². The lowest BCUT2D eigenvalue weighted by molar-refractivity contribution is 0.0595. The van der Waals surface area contributed by atoms with Gasteiger partial charge in [0.1, 0.15) is 11.6 Å². The van der Waals surface area contributed by atoms with Crippen molar-refractivity contribution in [3.8, 4) is 0 Å². The molecule has 5 heteroatoms. The zero-order chi connectivity index (χ0) is 14.8. The molecule has 110 valence electrons. The Hall–Kier alpha value is -2.30. The molecule has 21 heavy (non-hydrogen) atoms. The van der Waals surface area contributed by atoms with Crippen LogP contribution in [0.15, 0.2) is 34.9 Å². The van der Waals surface area contributed by atoms with E-state index in [1.54, 1.807) is 12.3 Å². The number of rotatable bonds is 3. The minimum Gasteiger partial charge on any atom is -0.469 e. The smallest absolute Gasteiger partial charge is 0.340 e. The highest BCUT2D eigenvalue weighted by Gasteiger charge is 2.23. The first-order chi connectivity index (χ1) is 10.2. The van der Waals surface area contributed by atoms with E-state index in [9.17, 15) is 9.18 Å². The Morgan fingerprint density at radius 1 is 1.43 bits per heavy atom. The van der Waals surface area contributed by atoms with E-state index in [4.69, 9.17) is 4.42 Å². The summed E-state index contributed by atoms with van der Waals surface area (Å²) in [4.78, 5) is 11.5. The van der Waals surface area contributed by atoms with Crippen molar-refractivity contribution >= 4 is 11.7 Å². The predicted molar refractivity (Wildman–Crippen MR) is 75.7 cm³/mol.